The molecule has 0 amide bonds. The van der Waals surface area contributed by atoms with Gasteiger partial charge in [-0.25, -0.2) is 0 Å². The van der Waals surface area contributed by atoms with E-state index in [1.165, 1.54) is 11.3 Å². The lowest BCUT2D eigenvalue weighted by Gasteiger charge is -2.42. The Hall–Kier alpha value is -1.82. The minimum absolute atomic E-state index is 0.0876. The zero-order valence-corrected chi connectivity index (χ0v) is 25.5. The molecule has 2 aromatic heterocycles. The molecule has 44 heavy (non-hydrogen) atoms. The van der Waals surface area contributed by atoms with E-state index in [1.807, 2.05) is 27.7 Å². The van der Waals surface area contributed by atoms with Crippen LogP contribution in [0.15, 0.2) is 0 Å². The van der Waals surface area contributed by atoms with Crippen molar-refractivity contribution in [1.29, 1.82) is 0 Å². The normalized spacial score (nSPS) is 18.0. The lowest BCUT2D eigenvalue weighted by Crippen LogP contribution is -2.62. The Balaban J connectivity index is 1.73. The van der Waals surface area contributed by atoms with Gasteiger partial charge in [0.1, 0.15) is 78.5 Å². The summed E-state index contributed by atoms with van der Waals surface area (Å²) in [6.45, 7) is 7.63. The molecule has 1 fully saturated rings. The summed E-state index contributed by atoms with van der Waals surface area (Å²) in [6, 6.07) is 0. The van der Waals surface area contributed by atoms with E-state index < -0.39 is 23.5 Å². The number of rotatable bonds is 1. The van der Waals surface area contributed by atoms with Gasteiger partial charge in [0.25, 0.3) is 0 Å². The average molecular weight is 555 g/mol. The summed E-state index contributed by atoms with van der Waals surface area (Å²) < 4.78 is 15.7. The van der Waals surface area contributed by atoms with Gasteiger partial charge in [-0.3, -0.25) is 0 Å². The molecule has 3 aromatic carbocycles. The van der Waals surface area contributed by atoms with Crippen molar-refractivity contribution in [3.05, 3.63) is 11.1 Å². The van der Waals surface area contributed by atoms with Crippen molar-refractivity contribution >= 4 is 204 Å². The van der Waals surface area contributed by atoms with Crippen LogP contribution in [0.3, 0.4) is 0 Å². The Kier molecular flexibility index (Phi) is 6.42. The van der Waals surface area contributed by atoms with E-state index in [1.54, 1.807) is 4.57 Å². The molecule has 2 aliphatic rings. The van der Waals surface area contributed by atoms with E-state index >= 15 is 0 Å². The Morgan fingerprint density at radius 1 is 0.545 bits per heavy atom. The van der Waals surface area contributed by atoms with E-state index in [0.29, 0.717) is 42.4 Å². The fraction of sp³-hybridized carbons (Fsp3) is 0.259. The fourth-order valence-corrected chi connectivity index (χ4v) is 7.93. The lowest BCUT2D eigenvalue weighted by atomic mass is 9.41. The van der Waals surface area contributed by atoms with Gasteiger partial charge in [-0.1, -0.05) is 32.8 Å². The summed E-state index contributed by atoms with van der Waals surface area (Å²) in [5.74, 6) is 0. The molecule has 3 nitrogen and oxygen atoms in total. The van der Waals surface area contributed by atoms with Crippen LogP contribution in [-0.2, 0) is 14.5 Å². The first-order valence-electron chi connectivity index (χ1n) is 13.7. The average Bonchev–Trinajstić information content (AvgIpc) is 3.52. The number of benzene rings is 3. The molecule has 0 aliphatic carbocycles. The Labute approximate surface area is 277 Å². The standard InChI is InChI=1S/C27H12B13NO2S/c1-25(2)26(3,4)43-40(42-25)19-12(31)8-22(17(36)16(19)35)41-20-5(9(28)13(32)11(30)7(20)27(8,38)39)24-21(41)6-10(29)14(33)15(34)18(37)23(6)44-24/h1-4H3. The highest BCUT2D eigenvalue weighted by atomic mass is 32.1. The molecule has 2 aliphatic heterocycles. The molecule has 0 saturated carbocycles. The molecule has 7 rings (SSSR count). The molecule has 182 valence electrons. The van der Waals surface area contributed by atoms with Gasteiger partial charge < -0.3 is 13.9 Å². The summed E-state index contributed by atoms with van der Waals surface area (Å²) in [6.07, 6.45) is 0. The van der Waals surface area contributed by atoms with Crippen molar-refractivity contribution in [3.8, 4) is 5.69 Å². The summed E-state index contributed by atoms with van der Waals surface area (Å²) in [4.78, 5) is 0. The number of aromatic nitrogens is 1. The Morgan fingerprint density at radius 3 is 1.61 bits per heavy atom. The van der Waals surface area contributed by atoms with Crippen LogP contribution >= 0.6 is 11.3 Å². The zero-order chi connectivity index (χ0) is 32.3. The predicted molar refractivity (Wildman–Crippen MR) is 198 cm³/mol. The summed E-state index contributed by atoms with van der Waals surface area (Å²) in [5.41, 5.74) is 2.26. The topological polar surface area (TPSA) is 23.4 Å². The Morgan fingerprint density at radius 2 is 1.05 bits per heavy atom. The number of fused-ring (bicyclic) bond motifs is 7. The fourth-order valence-electron chi connectivity index (χ4n) is 6.60. The van der Waals surface area contributed by atoms with E-state index in [-0.39, 0.29) is 65.8 Å². The van der Waals surface area contributed by atoms with E-state index in [4.69, 9.17) is 103 Å². The maximum Gasteiger partial charge on any atom is 0.493 e. The molecule has 0 atom stereocenters. The van der Waals surface area contributed by atoms with Crippen LogP contribution in [0.4, 0.5) is 0 Å². The first-order valence-corrected chi connectivity index (χ1v) is 14.5. The molecule has 0 spiro atoms. The van der Waals surface area contributed by atoms with Crippen LogP contribution in [0.1, 0.15) is 38.8 Å². The van der Waals surface area contributed by atoms with Crippen LogP contribution in [-0.4, -0.2) is 117 Å². The number of hydrogen-bond donors (Lipinski definition) is 0. The number of thiophene rings is 1. The van der Waals surface area contributed by atoms with Crippen molar-refractivity contribution in [3.63, 3.8) is 0 Å². The maximum atomic E-state index is 7.03. The highest BCUT2D eigenvalue weighted by molar-refractivity contribution is 7.28. The zero-order valence-electron chi connectivity index (χ0n) is 24.7. The van der Waals surface area contributed by atoms with Gasteiger partial charge in [-0.2, -0.15) is 0 Å². The second-order valence-corrected chi connectivity index (χ2v) is 13.7. The summed E-state index contributed by atoms with van der Waals surface area (Å²) in [5, 5.41) is -0.785. The SMILES string of the molecule is [B]c1c([B])c2c(c([B])c1B1OC(C)(C)C(C)(C)O1)C([B])([B])c1c([B])c([B])c([B])c3c4sc5c([B])c([B])c([B])c([B])c5c4n-2c13. The highest BCUT2D eigenvalue weighted by Crippen LogP contribution is 2.46. The highest BCUT2D eigenvalue weighted by Gasteiger charge is 2.53. The van der Waals surface area contributed by atoms with E-state index in [0.717, 1.165) is 0 Å². The van der Waals surface area contributed by atoms with Gasteiger partial charge >= 0.3 is 7.12 Å². The second-order valence-electron chi connectivity index (χ2n) is 12.6. The lowest BCUT2D eigenvalue weighted by molar-refractivity contribution is 0.00578. The summed E-state index contributed by atoms with van der Waals surface area (Å²) in [7, 11) is 79.1. The number of nitrogens with zero attached hydrogens (tertiary/aromatic N) is 1. The smallest absolute Gasteiger partial charge is 0.399 e. The van der Waals surface area contributed by atoms with Gasteiger partial charge in [0, 0.05) is 21.2 Å². The first kappa shape index (κ1) is 30.8. The van der Waals surface area contributed by atoms with Crippen molar-refractivity contribution in [1.82, 2.24) is 4.57 Å². The molecule has 4 heterocycles. The third-order valence-corrected chi connectivity index (χ3v) is 10.9. The van der Waals surface area contributed by atoms with Gasteiger partial charge in [-0.15, -0.1) is 33.2 Å². The molecular formula is C27H12B13NO2S. The minimum Gasteiger partial charge on any atom is -0.399 e. The van der Waals surface area contributed by atoms with Crippen molar-refractivity contribution in [2.75, 3.05) is 0 Å². The van der Waals surface area contributed by atoms with Crippen LogP contribution < -0.4 is 60.1 Å². The molecule has 17 heteroatoms. The van der Waals surface area contributed by atoms with Crippen molar-refractivity contribution in [2.45, 2.75) is 44.1 Å². The van der Waals surface area contributed by atoms with Gasteiger partial charge in [-0.05, 0) is 49.5 Å². The summed E-state index contributed by atoms with van der Waals surface area (Å²) >= 11 is 1.31. The van der Waals surface area contributed by atoms with E-state index in [9.17, 15) is 0 Å². The molecule has 0 N–H and O–H groups in total. The molecular weight excluding hydrogens is 543 g/mol. The van der Waals surface area contributed by atoms with Crippen molar-refractivity contribution in [2.24, 2.45) is 0 Å². The molecule has 5 aromatic rings. The van der Waals surface area contributed by atoms with Crippen LogP contribution in [0.2, 0.25) is 0 Å². The molecule has 0 bridgehead atoms. The predicted octanol–water partition coefficient (Wildman–Crippen LogP) is -6.91. The third kappa shape index (κ3) is 3.48. The molecule has 24 radical (unpaired) electrons. The van der Waals surface area contributed by atoms with Crippen LogP contribution in [0.25, 0.3) is 36.9 Å². The number of hydrogen-bond acceptors (Lipinski definition) is 3. The van der Waals surface area contributed by atoms with Crippen LogP contribution in [0, 0.1) is 0 Å². The Bertz CT molecular complexity index is 2170. The van der Waals surface area contributed by atoms with Crippen LogP contribution in [0.5, 0.6) is 0 Å². The minimum atomic E-state index is -1.83. The van der Waals surface area contributed by atoms with Gasteiger partial charge in [0.2, 0.25) is 0 Å². The largest absolute Gasteiger partial charge is 0.493 e. The second kappa shape index (κ2) is 9.16. The van der Waals surface area contributed by atoms with Gasteiger partial charge in [0.05, 0.1) is 42.6 Å². The van der Waals surface area contributed by atoms with Gasteiger partial charge in [0.15, 0.2) is 0 Å². The maximum absolute atomic E-state index is 7.03. The molecule has 0 unspecified atom stereocenters. The van der Waals surface area contributed by atoms with E-state index in [2.05, 4.69) is 0 Å². The third-order valence-electron chi connectivity index (χ3n) is 9.71. The molecule has 1 saturated heterocycles. The monoisotopic (exact) mass is 557 g/mol. The first-order chi connectivity index (χ1) is 20.3. The quantitative estimate of drug-likeness (QED) is 0.192. The van der Waals surface area contributed by atoms with Crippen molar-refractivity contribution < 1.29 is 9.31 Å².